The number of amides is 1. The van der Waals surface area contributed by atoms with E-state index in [0.717, 1.165) is 6.42 Å². The average molecular weight is 309 g/mol. The van der Waals surface area contributed by atoms with E-state index in [1.165, 1.54) is 4.31 Å². The predicted octanol–water partition coefficient (Wildman–Crippen LogP) is 0.476. The number of hydrogen-bond donors (Lipinski definition) is 2. The van der Waals surface area contributed by atoms with Crippen LogP contribution in [-0.2, 0) is 14.8 Å². The van der Waals surface area contributed by atoms with Gasteiger partial charge in [0, 0.05) is 13.1 Å². The van der Waals surface area contributed by atoms with Crippen molar-refractivity contribution in [3.63, 3.8) is 0 Å². The molecule has 21 heavy (non-hydrogen) atoms. The second-order valence-electron chi connectivity index (χ2n) is 5.67. The van der Waals surface area contributed by atoms with Crippen molar-refractivity contribution < 1.29 is 13.2 Å². The Hall–Kier alpha value is -1.60. The molecule has 2 fully saturated rings. The molecule has 7 heteroatoms. The number of piperidine rings is 1. The zero-order valence-corrected chi connectivity index (χ0v) is 12.7. The fraction of sp³-hybridized carbons (Fsp3) is 0.500. The molecule has 2 aliphatic rings. The number of carbonyl (C=O) groups is 1. The van der Waals surface area contributed by atoms with Crippen molar-refractivity contribution in [2.24, 2.45) is 5.92 Å². The number of benzene rings is 1. The van der Waals surface area contributed by atoms with Gasteiger partial charge in [0.15, 0.2) is 0 Å². The topological polar surface area (TPSA) is 92.5 Å². The van der Waals surface area contributed by atoms with Crippen LogP contribution in [0.2, 0.25) is 0 Å². The van der Waals surface area contributed by atoms with Gasteiger partial charge >= 0.3 is 0 Å². The van der Waals surface area contributed by atoms with E-state index in [9.17, 15) is 13.2 Å². The predicted molar refractivity (Wildman–Crippen MR) is 79.0 cm³/mol. The molecule has 2 saturated heterocycles. The van der Waals surface area contributed by atoms with E-state index in [2.05, 4.69) is 5.32 Å². The molecule has 0 radical (unpaired) electrons. The van der Waals surface area contributed by atoms with Crippen molar-refractivity contribution >= 4 is 21.6 Å². The molecule has 114 valence electrons. The maximum absolute atomic E-state index is 13.0. The minimum atomic E-state index is -3.68. The second-order valence-corrected chi connectivity index (χ2v) is 7.50. The van der Waals surface area contributed by atoms with Crippen LogP contribution >= 0.6 is 0 Å². The molecule has 6 nitrogen and oxygen atoms in total. The Kier molecular flexibility index (Phi) is 3.41. The van der Waals surface area contributed by atoms with Gasteiger partial charge in [0.25, 0.3) is 0 Å². The van der Waals surface area contributed by atoms with E-state index in [-0.39, 0.29) is 28.4 Å². The van der Waals surface area contributed by atoms with Crippen molar-refractivity contribution in [3.05, 3.63) is 23.8 Å². The summed E-state index contributed by atoms with van der Waals surface area (Å²) in [4.78, 5) is 12.0. The summed E-state index contributed by atoms with van der Waals surface area (Å²) in [6.07, 6.45) is 1.44. The number of nitrogen functional groups attached to an aromatic ring is 1. The van der Waals surface area contributed by atoms with Crippen LogP contribution in [0.5, 0.6) is 0 Å². The highest BCUT2D eigenvalue weighted by Crippen LogP contribution is 2.34. The number of anilines is 1. The number of sulfonamides is 1. The maximum Gasteiger partial charge on any atom is 0.245 e. The molecule has 2 unspecified atom stereocenters. The SMILES string of the molecule is Cc1cccc(N)c1S(=O)(=O)N1CCCC2C(=O)NCC21. The first-order valence-corrected chi connectivity index (χ1v) is 8.51. The first-order valence-electron chi connectivity index (χ1n) is 7.07. The van der Waals surface area contributed by atoms with Crippen LogP contribution in [0.3, 0.4) is 0 Å². The number of rotatable bonds is 2. The Bertz CT molecular complexity index is 666. The number of carbonyl (C=O) groups excluding carboxylic acids is 1. The third-order valence-electron chi connectivity index (χ3n) is 4.36. The van der Waals surface area contributed by atoms with Crippen LogP contribution in [0.15, 0.2) is 23.1 Å². The van der Waals surface area contributed by atoms with Crippen molar-refractivity contribution in [1.82, 2.24) is 9.62 Å². The van der Waals surface area contributed by atoms with E-state index < -0.39 is 10.0 Å². The summed E-state index contributed by atoms with van der Waals surface area (Å²) in [7, 11) is -3.68. The van der Waals surface area contributed by atoms with Gasteiger partial charge in [-0.15, -0.1) is 0 Å². The van der Waals surface area contributed by atoms with E-state index >= 15 is 0 Å². The lowest BCUT2D eigenvalue weighted by molar-refractivity contribution is -0.123. The summed E-state index contributed by atoms with van der Waals surface area (Å²) >= 11 is 0. The van der Waals surface area contributed by atoms with Crippen LogP contribution in [0.25, 0.3) is 0 Å². The maximum atomic E-state index is 13.0. The van der Waals surface area contributed by atoms with E-state index in [0.29, 0.717) is 25.1 Å². The van der Waals surface area contributed by atoms with Crippen molar-refractivity contribution in [1.29, 1.82) is 0 Å². The third kappa shape index (κ3) is 2.20. The van der Waals surface area contributed by atoms with Crippen LogP contribution in [-0.4, -0.2) is 37.8 Å². The standard InChI is InChI=1S/C14H19N3O3S/c1-9-4-2-6-11(15)13(9)21(19,20)17-7-3-5-10-12(17)8-16-14(10)18/h2,4,6,10,12H,3,5,7-8,15H2,1H3,(H,16,18). The zero-order valence-electron chi connectivity index (χ0n) is 11.9. The molecule has 2 atom stereocenters. The van der Waals surface area contributed by atoms with Crippen molar-refractivity contribution in [2.75, 3.05) is 18.8 Å². The smallest absolute Gasteiger partial charge is 0.245 e. The molecule has 0 spiro atoms. The molecular formula is C14H19N3O3S. The molecule has 0 aromatic heterocycles. The van der Waals surface area contributed by atoms with Gasteiger partial charge < -0.3 is 11.1 Å². The van der Waals surface area contributed by atoms with Gasteiger partial charge in [0.05, 0.1) is 17.6 Å². The van der Waals surface area contributed by atoms with Gasteiger partial charge in [-0.2, -0.15) is 4.31 Å². The summed E-state index contributed by atoms with van der Waals surface area (Å²) < 4.78 is 27.4. The van der Waals surface area contributed by atoms with Gasteiger partial charge in [-0.1, -0.05) is 12.1 Å². The minimum absolute atomic E-state index is 0.0438. The van der Waals surface area contributed by atoms with E-state index in [1.807, 2.05) is 0 Å². The number of hydrogen-bond acceptors (Lipinski definition) is 4. The molecule has 1 aromatic rings. The van der Waals surface area contributed by atoms with E-state index in [4.69, 9.17) is 5.73 Å². The van der Waals surface area contributed by atoms with Gasteiger partial charge in [0.1, 0.15) is 4.90 Å². The second kappa shape index (κ2) is 4.99. The number of fused-ring (bicyclic) bond motifs is 1. The molecule has 2 aliphatic heterocycles. The Morgan fingerprint density at radius 1 is 1.38 bits per heavy atom. The molecule has 3 rings (SSSR count). The Balaban J connectivity index is 2.04. The number of aryl methyl sites for hydroxylation is 1. The third-order valence-corrected chi connectivity index (χ3v) is 6.50. The lowest BCUT2D eigenvalue weighted by atomic mass is 9.93. The molecule has 1 aromatic carbocycles. The normalized spacial score (nSPS) is 26.4. The first kappa shape index (κ1) is 14.3. The molecule has 3 N–H and O–H groups in total. The fourth-order valence-corrected chi connectivity index (χ4v) is 5.38. The molecular weight excluding hydrogens is 290 g/mol. The minimum Gasteiger partial charge on any atom is -0.398 e. The highest BCUT2D eigenvalue weighted by atomic mass is 32.2. The fourth-order valence-electron chi connectivity index (χ4n) is 3.36. The van der Waals surface area contributed by atoms with Gasteiger partial charge in [0.2, 0.25) is 15.9 Å². The average Bonchev–Trinajstić information content (AvgIpc) is 2.80. The summed E-state index contributed by atoms with van der Waals surface area (Å²) in [5.74, 6) is -0.281. The Morgan fingerprint density at radius 2 is 2.14 bits per heavy atom. The summed E-state index contributed by atoms with van der Waals surface area (Å²) in [5.41, 5.74) is 6.78. The monoisotopic (exact) mass is 309 g/mol. The lowest BCUT2D eigenvalue weighted by Gasteiger charge is -2.35. The lowest BCUT2D eigenvalue weighted by Crippen LogP contribution is -2.48. The summed E-state index contributed by atoms with van der Waals surface area (Å²) in [6, 6.07) is 4.78. The summed E-state index contributed by atoms with van der Waals surface area (Å²) in [5, 5.41) is 2.77. The Labute approximate surface area is 124 Å². The Morgan fingerprint density at radius 3 is 2.86 bits per heavy atom. The summed E-state index contributed by atoms with van der Waals surface area (Å²) in [6.45, 7) is 2.56. The molecule has 0 bridgehead atoms. The van der Waals surface area contributed by atoms with Crippen LogP contribution in [0.4, 0.5) is 5.69 Å². The quantitative estimate of drug-likeness (QED) is 0.777. The number of nitrogens with zero attached hydrogens (tertiary/aromatic N) is 1. The van der Waals surface area contributed by atoms with Gasteiger partial charge in [-0.05, 0) is 31.4 Å². The molecule has 0 aliphatic carbocycles. The first-order chi connectivity index (χ1) is 9.93. The molecule has 1 amide bonds. The van der Waals surface area contributed by atoms with Gasteiger partial charge in [-0.3, -0.25) is 4.79 Å². The highest BCUT2D eigenvalue weighted by molar-refractivity contribution is 7.89. The highest BCUT2D eigenvalue weighted by Gasteiger charge is 2.46. The molecule has 0 saturated carbocycles. The van der Waals surface area contributed by atoms with Crippen LogP contribution < -0.4 is 11.1 Å². The van der Waals surface area contributed by atoms with Crippen LogP contribution in [0.1, 0.15) is 18.4 Å². The zero-order chi connectivity index (χ0) is 15.2. The van der Waals surface area contributed by atoms with Crippen LogP contribution in [0, 0.1) is 12.8 Å². The van der Waals surface area contributed by atoms with Gasteiger partial charge in [-0.25, -0.2) is 8.42 Å². The number of nitrogens with two attached hydrogens (primary N) is 1. The van der Waals surface area contributed by atoms with E-state index in [1.54, 1.807) is 25.1 Å². The van der Waals surface area contributed by atoms with Crippen molar-refractivity contribution in [3.8, 4) is 0 Å². The largest absolute Gasteiger partial charge is 0.398 e. The molecule has 2 heterocycles. The van der Waals surface area contributed by atoms with Crippen molar-refractivity contribution in [2.45, 2.75) is 30.7 Å². The number of nitrogens with one attached hydrogen (secondary N) is 1.